The number of hydrogen-bond acceptors (Lipinski definition) is 4. The molecule has 0 bridgehead atoms. The number of thiophene rings is 1. The lowest BCUT2D eigenvalue weighted by molar-refractivity contribution is 1.32. The van der Waals surface area contributed by atoms with E-state index in [1.807, 2.05) is 11.6 Å². The van der Waals surface area contributed by atoms with Gasteiger partial charge in [-0.3, -0.25) is 0 Å². The molecule has 4 heteroatoms. The van der Waals surface area contributed by atoms with Gasteiger partial charge in [-0.25, -0.2) is 0 Å². The third-order valence-electron chi connectivity index (χ3n) is 2.01. The van der Waals surface area contributed by atoms with Crippen LogP contribution in [0.4, 0.5) is 0 Å². The van der Waals surface area contributed by atoms with Crippen LogP contribution in [0.1, 0.15) is 5.56 Å². The lowest BCUT2D eigenvalue weighted by Crippen LogP contribution is -1.83. The van der Waals surface area contributed by atoms with Crippen molar-refractivity contribution in [3.8, 4) is 6.07 Å². The van der Waals surface area contributed by atoms with Crippen molar-refractivity contribution in [2.24, 2.45) is 0 Å². The molecular formula is C10H7NS3. The second-order valence-electron chi connectivity index (χ2n) is 2.75. The van der Waals surface area contributed by atoms with Crippen molar-refractivity contribution in [1.82, 2.24) is 0 Å². The number of nitriles is 1. The minimum Gasteiger partial charge on any atom is -0.192 e. The van der Waals surface area contributed by atoms with E-state index in [1.165, 1.54) is 5.39 Å². The zero-order valence-corrected chi connectivity index (χ0v) is 9.97. The Kier molecular flexibility index (Phi) is 2.73. The molecule has 0 atom stereocenters. The van der Waals surface area contributed by atoms with Crippen molar-refractivity contribution in [2.45, 2.75) is 9.79 Å². The SMILES string of the molecule is CSc1cc2ccsc2c(S)c1C#N. The van der Waals surface area contributed by atoms with E-state index in [1.54, 1.807) is 23.1 Å². The van der Waals surface area contributed by atoms with Crippen LogP contribution in [-0.2, 0) is 0 Å². The lowest BCUT2D eigenvalue weighted by atomic mass is 10.2. The summed E-state index contributed by atoms with van der Waals surface area (Å²) < 4.78 is 1.10. The van der Waals surface area contributed by atoms with E-state index in [4.69, 9.17) is 5.26 Å². The molecule has 0 aliphatic heterocycles. The second kappa shape index (κ2) is 3.85. The molecule has 0 fully saturated rings. The molecule has 0 saturated carbocycles. The fourth-order valence-corrected chi connectivity index (χ4v) is 3.30. The number of benzene rings is 1. The number of thiol groups is 1. The average molecular weight is 237 g/mol. The predicted octanol–water partition coefficient (Wildman–Crippen LogP) is 3.78. The van der Waals surface area contributed by atoms with Crippen LogP contribution in [0, 0.1) is 11.3 Å². The number of thioether (sulfide) groups is 1. The molecule has 70 valence electrons. The summed E-state index contributed by atoms with van der Waals surface area (Å²) in [5, 5.41) is 12.2. The molecule has 1 aromatic heterocycles. The van der Waals surface area contributed by atoms with Crippen molar-refractivity contribution in [3.05, 3.63) is 23.1 Å². The Balaban J connectivity index is 2.88. The van der Waals surface area contributed by atoms with Crippen LogP contribution < -0.4 is 0 Å². The fourth-order valence-electron chi connectivity index (χ4n) is 1.34. The van der Waals surface area contributed by atoms with Gasteiger partial charge in [0.05, 0.1) is 5.56 Å². The number of nitrogens with zero attached hydrogens (tertiary/aromatic N) is 1. The Labute approximate surface area is 96.2 Å². The van der Waals surface area contributed by atoms with E-state index in [0.29, 0.717) is 5.56 Å². The van der Waals surface area contributed by atoms with E-state index in [2.05, 4.69) is 30.8 Å². The van der Waals surface area contributed by atoms with Gasteiger partial charge in [0.1, 0.15) is 6.07 Å². The monoisotopic (exact) mass is 237 g/mol. The van der Waals surface area contributed by atoms with Crippen LogP contribution in [0.5, 0.6) is 0 Å². The normalized spacial score (nSPS) is 10.4. The number of fused-ring (bicyclic) bond motifs is 1. The van der Waals surface area contributed by atoms with Crippen LogP contribution >= 0.6 is 35.7 Å². The van der Waals surface area contributed by atoms with Gasteiger partial charge in [0, 0.05) is 14.5 Å². The number of rotatable bonds is 1. The largest absolute Gasteiger partial charge is 0.192 e. The first-order chi connectivity index (χ1) is 6.77. The molecule has 2 rings (SSSR count). The average Bonchev–Trinajstić information content (AvgIpc) is 2.65. The summed E-state index contributed by atoms with van der Waals surface area (Å²) in [7, 11) is 0. The first-order valence-electron chi connectivity index (χ1n) is 3.95. The second-order valence-corrected chi connectivity index (χ2v) is 4.96. The van der Waals surface area contributed by atoms with Crippen LogP contribution in [0.15, 0.2) is 27.3 Å². The first-order valence-corrected chi connectivity index (χ1v) is 6.50. The third kappa shape index (κ3) is 1.42. The van der Waals surface area contributed by atoms with Gasteiger partial charge in [0.15, 0.2) is 0 Å². The third-order valence-corrected chi connectivity index (χ3v) is 4.32. The first kappa shape index (κ1) is 9.91. The molecule has 0 aliphatic carbocycles. The maximum atomic E-state index is 9.02. The van der Waals surface area contributed by atoms with Crippen LogP contribution in [0.3, 0.4) is 0 Å². The Morgan fingerprint density at radius 3 is 3.00 bits per heavy atom. The Hall–Kier alpha value is -0.630. The maximum absolute atomic E-state index is 9.02. The smallest absolute Gasteiger partial charge is 0.102 e. The van der Waals surface area contributed by atoms with Gasteiger partial charge in [0.25, 0.3) is 0 Å². The molecule has 14 heavy (non-hydrogen) atoms. The molecule has 0 N–H and O–H groups in total. The van der Waals surface area contributed by atoms with Gasteiger partial charge in [-0.05, 0) is 29.2 Å². The molecule has 0 aliphatic rings. The highest BCUT2D eigenvalue weighted by molar-refractivity contribution is 7.98. The van der Waals surface area contributed by atoms with Crippen molar-refractivity contribution in [1.29, 1.82) is 5.26 Å². The zero-order valence-electron chi connectivity index (χ0n) is 7.44. The lowest BCUT2D eigenvalue weighted by Gasteiger charge is -2.04. The van der Waals surface area contributed by atoms with Crippen LogP contribution in [0.2, 0.25) is 0 Å². The van der Waals surface area contributed by atoms with Crippen LogP contribution in [0.25, 0.3) is 10.1 Å². The van der Waals surface area contributed by atoms with Crippen molar-refractivity contribution < 1.29 is 0 Å². The summed E-state index contributed by atoms with van der Waals surface area (Å²) in [6, 6.07) is 6.31. The van der Waals surface area contributed by atoms with Crippen molar-refractivity contribution >= 4 is 45.8 Å². The zero-order chi connectivity index (χ0) is 10.1. The summed E-state index contributed by atoms with van der Waals surface area (Å²) in [5.74, 6) is 0. The molecule has 0 unspecified atom stereocenters. The molecule has 2 aromatic rings. The van der Waals surface area contributed by atoms with E-state index in [-0.39, 0.29) is 0 Å². The molecule has 0 amide bonds. The van der Waals surface area contributed by atoms with E-state index < -0.39 is 0 Å². The summed E-state index contributed by atoms with van der Waals surface area (Å²) in [4.78, 5) is 1.81. The number of hydrogen-bond donors (Lipinski definition) is 1. The Morgan fingerprint density at radius 2 is 2.36 bits per heavy atom. The quantitative estimate of drug-likeness (QED) is 0.602. The highest BCUT2D eigenvalue weighted by Crippen LogP contribution is 2.35. The van der Waals surface area contributed by atoms with E-state index in [9.17, 15) is 0 Å². The van der Waals surface area contributed by atoms with E-state index in [0.717, 1.165) is 14.5 Å². The summed E-state index contributed by atoms with van der Waals surface area (Å²) >= 11 is 7.62. The van der Waals surface area contributed by atoms with Gasteiger partial charge >= 0.3 is 0 Å². The molecule has 0 radical (unpaired) electrons. The molecule has 1 heterocycles. The minimum absolute atomic E-state index is 0.691. The molecule has 0 spiro atoms. The summed E-state index contributed by atoms with van der Waals surface area (Å²) in [5.41, 5.74) is 0.691. The molecule has 0 saturated heterocycles. The minimum atomic E-state index is 0.691. The van der Waals surface area contributed by atoms with Crippen molar-refractivity contribution in [2.75, 3.05) is 6.26 Å². The maximum Gasteiger partial charge on any atom is 0.102 e. The van der Waals surface area contributed by atoms with Gasteiger partial charge in [-0.15, -0.1) is 35.7 Å². The topological polar surface area (TPSA) is 23.8 Å². The van der Waals surface area contributed by atoms with Crippen molar-refractivity contribution in [3.63, 3.8) is 0 Å². The highest BCUT2D eigenvalue weighted by atomic mass is 32.2. The van der Waals surface area contributed by atoms with Gasteiger partial charge in [0.2, 0.25) is 0 Å². The van der Waals surface area contributed by atoms with Gasteiger partial charge in [-0.2, -0.15) is 5.26 Å². The molecular weight excluding hydrogens is 230 g/mol. The van der Waals surface area contributed by atoms with Gasteiger partial charge in [-0.1, -0.05) is 0 Å². The molecule has 1 aromatic carbocycles. The summed E-state index contributed by atoms with van der Waals surface area (Å²) in [6.45, 7) is 0. The van der Waals surface area contributed by atoms with Gasteiger partial charge < -0.3 is 0 Å². The molecule has 1 nitrogen and oxygen atoms in total. The Morgan fingerprint density at radius 1 is 1.57 bits per heavy atom. The van der Waals surface area contributed by atoms with Crippen LogP contribution in [-0.4, -0.2) is 6.26 Å². The summed E-state index contributed by atoms with van der Waals surface area (Å²) in [6.07, 6.45) is 1.97. The predicted molar refractivity (Wildman–Crippen MR) is 65.6 cm³/mol. The standard InChI is InChI=1S/C10H7NS3/c1-13-8-4-6-2-3-14-10(6)9(12)7(8)5-11/h2-4,12H,1H3. The highest BCUT2D eigenvalue weighted by Gasteiger charge is 2.10. The fraction of sp³-hybridized carbons (Fsp3) is 0.100. The Bertz CT molecular complexity index is 522. The van der Waals surface area contributed by atoms with E-state index >= 15 is 0 Å².